The summed E-state index contributed by atoms with van der Waals surface area (Å²) in [5.74, 6) is 0.544. The summed E-state index contributed by atoms with van der Waals surface area (Å²) < 4.78 is 34.7. The summed E-state index contributed by atoms with van der Waals surface area (Å²) in [6.45, 7) is 17.0. The highest BCUT2D eigenvalue weighted by atomic mass is 19.1. The molecule has 2 saturated heterocycles. The maximum absolute atomic E-state index is 13.2. The molecule has 1 amide bonds. The number of methoxy groups -OCH3 is 2. The molecule has 2 aliphatic rings. The first-order valence-electron chi connectivity index (χ1n) is 14.9. The first-order valence-corrected chi connectivity index (χ1v) is 14.9. The average molecular weight is 597 g/mol. The molecule has 2 aromatic rings. The summed E-state index contributed by atoms with van der Waals surface area (Å²) in [6.07, 6.45) is 8.40. The maximum Gasteiger partial charge on any atom is 0.415 e. The molecule has 0 bridgehead atoms. The molecule has 2 aromatic carbocycles. The highest BCUT2D eigenvalue weighted by Gasteiger charge is 2.47. The molecule has 2 heterocycles. The van der Waals surface area contributed by atoms with Crippen molar-refractivity contribution in [1.82, 2.24) is 4.90 Å². The van der Waals surface area contributed by atoms with Crippen molar-refractivity contribution in [3.63, 3.8) is 0 Å². The zero-order valence-corrected chi connectivity index (χ0v) is 26.6. The van der Waals surface area contributed by atoms with Crippen LogP contribution in [0.1, 0.15) is 37.8 Å². The van der Waals surface area contributed by atoms with Crippen molar-refractivity contribution in [2.45, 2.75) is 45.6 Å². The van der Waals surface area contributed by atoms with Crippen LogP contribution in [0.4, 0.5) is 14.9 Å². The number of amides is 1. The van der Waals surface area contributed by atoms with Gasteiger partial charge in [-0.25, -0.2) is 9.18 Å². The number of piperidine rings is 1. The zero-order valence-electron chi connectivity index (χ0n) is 26.6. The Hall–Kier alpha value is -3.46. The van der Waals surface area contributed by atoms with E-state index in [1.54, 1.807) is 19.1 Å². The smallest absolute Gasteiger partial charge is 0.415 e. The summed E-state index contributed by atoms with van der Waals surface area (Å²) in [5.41, 5.74) is 3.63. The second-order valence-corrected chi connectivity index (χ2v) is 10.3. The van der Waals surface area contributed by atoms with Gasteiger partial charge in [-0.3, -0.25) is 9.80 Å². The molecular weight excluding hydrogens is 547 g/mol. The Morgan fingerprint density at radius 2 is 1.74 bits per heavy atom. The van der Waals surface area contributed by atoms with Gasteiger partial charge in [0.05, 0.1) is 25.9 Å². The standard InChI is InChI=1S/C30H37FN2O4.C3H8O.C2H4/c1-4-36-19-14-25(7-5-6-24-9-11-26(31)12-10-24)21-32-17-15-30(16-18-32)22-33(29(34)37-30)27-13-8-23(2)28(20-27)35-3;1-3-4-2;1-2/h5,7-14,20H,4,6,15-19,21-22H2,1-3H3;3H2,1-2H3;1-2H2/b7-5-,25-14+;;. The molecule has 2 fully saturated rings. The van der Waals surface area contributed by atoms with Gasteiger partial charge in [0.2, 0.25) is 0 Å². The van der Waals surface area contributed by atoms with E-state index in [2.05, 4.69) is 41.0 Å². The molecule has 0 aliphatic carbocycles. The Balaban J connectivity index is 0.000000993. The van der Waals surface area contributed by atoms with E-state index >= 15 is 0 Å². The van der Waals surface area contributed by atoms with Crippen LogP contribution in [0, 0.1) is 12.7 Å². The van der Waals surface area contributed by atoms with Crippen LogP contribution in [0.15, 0.2) is 79.4 Å². The van der Waals surface area contributed by atoms with Crippen molar-refractivity contribution in [2.24, 2.45) is 0 Å². The fourth-order valence-electron chi connectivity index (χ4n) is 4.87. The van der Waals surface area contributed by atoms with Gasteiger partial charge in [0.25, 0.3) is 0 Å². The maximum atomic E-state index is 13.2. The molecule has 0 N–H and O–H groups in total. The van der Waals surface area contributed by atoms with Crippen molar-refractivity contribution in [3.8, 4) is 5.75 Å². The Morgan fingerprint density at radius 3 is 2.35 bits per heavy atom. The van der Waals surface area contributed by atoms with Gasteiger partial charge in [-0.2, -0.15) is 0 Å². The van der Waals surface area contributed by atoms with Crippen molar-refractivity contribution in [3.05, 3.63) is 96.4 Å². The number of likely N-dealkylation sites (tertiary alicyclic amines) is 1. The molecule has 0 atom stereocenters. The lowest BCUT2D eigenvalue weighted by Gasteiger charge is -2.37. The molecule has 8 heteroatoms. The SMILES string of the molecule is C=C.CCOC.CCOC/C=C(\C=C/Cc1ccc(F)cc1)CN1CCC2(CC1)CN(c1ccc(C)c(OC)c1)C(=O)O2. The minimum atomic E-state index is -0.459. The van der Waals surface area contributed by atoms with E-state index < -0.39 is 5.60 Å². The van der Waals surface area contributed by atoms with Gasteiger partial charge in [0.15, 0.2) is 0 Å². The fraction of sp³-hybridized carbons (Fsp3) is 0.457. The number of hydrogen-bond acceptors (Lipinski definition) is 6. The van der Waals surface area contributed by atoms with Crippen molar-refractivity contribution in [1.29, 1.82) is 0 Å². The van der Waals surface area contributed by atoms with E-state index in [1.165, 1.54) is 17.7 Å². The third kappa shape index (κ3) is 11.3. The van der Waals surface area contributed by atoms with Crippen LogP contribution in [-0.2, 0) is 20.6 Å². The van der Waals surface area contributed by atoms with Gasteiger partial charge >= 0.3 is 6.09 Å². The molecule has 236 valence electrons. The summed E-state index contributed by atoms with van der Waals surface area (Å²) in [6, 6.07) is 12.4. The lowest BCUT2D eigenvalue weighted by molar-refractivity contribution is 0.00315. The zero-order chi connectivity index (χ0) is 31.7. The largest absolute Gasteiger partial charge is 0.496 e. The summed E-state index contributed by atoms with van der Waals surface area (Å²) in [5, 5.41) is 0. The molecule has 0 saturated carbocycles. The third-order valence-electron chi connectivity index (χ3n) is 7.40. The Morgan fingerprint density at radius 1 is 1.07 bits per heavy atom. The van der Waals surface area contributed by atoms with Gasteiger partial charge in [0, 0.05) is 58.9 Å². The number of allylic oxidation sites excluding steroid dienone is 1. The summed E-state index contributed by atoms with van der Waals surface area (Å²) in [4.78, 5) is 16.9. The molecule has 7 nitrogen and oxygen atoms in total. The summed E-state index contributed by atoms with van der Waals surface area (Å²) in [7, 11) is 3.32. The Kier molecular flexibility index (Phi) is 15.7. The predicted molar refractivity (Wildman–Crippen MR) is 173 cm³/mol. The number of nitrogens with zero attached hydrogens (tertiary/aromatic N) is 2. The first-order chi connectivity index (χ1) is 20.8. The molecular formula is C35H49FN2O5. The van der Waals surface area contributed by atoms with E-state index in [4.69, 9.17) is 14.2 Å². The van der Waals surface area contributed by atoms with Gasteiger partial charge in [0.1, 0.15) is 17.2 Å². The number of anilines is 1. The van der Waals surface area contributed by atoms with E-state index in [-0.39, 0.29) is 11.9 Å². The second kappa shape index (κ2) is 18.9. The number of carbonyl (C=O) groups excluding carboxylic acids is 1. The van der Waals surface area contributed by atoms with Gasteiger partial charge in [-0.15, -0.1) is 13.2 Å². The molecule has 0 radical (unpaired) electrons. The monoisotopic (exact) mass is 596 g/mol. The minimum Gasteiger partial charge on any atom is -0.496 e. The highest BCUT2D eigenvalue weighted by molar-refractivity contribution is 5.90. The Labute approximate surface area is 257 Å². The van der Waals surface area contributed by atoms with E-state index in [9.17, 15) is 9.18 Å². The van der Waals surface area contributed by atoms with Gasteiger partial charge in [-0.05, 0) is 62.1 Å². The lowest BCUT2D eigenvalue weighted by Crippen LogP contribution is -2.47. The quantitative estimate of drug-likeness (QED) is 0.156. The molecule has 0 unspecified atom stereocenters. The third-order valence-corrected chi connectivity index (χ3v) is 7.40. The van der Waals surface area contributed by atoms with Crippen LogP contribution in [0.3, 0.4) is 0 Å². The minimum absolute atomic E-state index is 0.220. The van der Waals surface area contributed by atoms with Crippen molar-refractivity contribution >= 4 is 11.8 Å². The van der Waals surface area contributed by atoms with Crippen LogP contribution in [0.2, 0.25) is 0 Å². The molecule has 43 heavy (non-hydrogen) atoms. The second-order valence-electron chi connectivity index (χ2n) is 10.3. The highest BCUT2D eigenvalue weighted by Crippen LogP contribution is 2.37. The van der Waals surface area contributed by atoms with Gasteiger partial charge in [-0.1, -0.05) is 36.4 Å². The predicted octanol–water partition coefficient (Wildman–Crippen LogP) is 7.15. The van der Waals surface area contributed by atoms with Crippen LogP contribution in [-0.4, -0.2) is 76.8 Å². The molecule has 2 aliphatic heterocycles. The number of halogens is 1. The Bertz CT molecular complexity index is 1170. The average Bonchev–Trinajstić information content (AvgIpc) is 3.35. The van der Waals surface area contributed by atoms with Crippen molar-refractivity contribution in [2.75, 3.05) is 65.1 Å². The van der Waals surface area contributed by atoms with Crippen molar-refractivity contribution < 1.29 is 28.1 Å². The fourth-order valence-corrected chi connectivity index (χ4v) is 4.87. The number of ether oxygens (including phenoxy) is 4. The van der Waals surface area contributed by atoms with E-state index in [0.717, 1.165) is 68.1 Å². The number of benzene rings is 2. The molecule has 0 aromatic heterocycles. The van der Waals surface area contributed by atoms with Crippen LogP contribution >= 0.6 is 0 Å². The number of aryl methyl sites for hydroxylation is 1. The first kappa shape index (κ1) is 35.7. The lowest BCUT2D eigenvalue weighted by atomic mass is 9.91. The van der Waals surface area contributed by atoms with Crippen LogP contribution in [0.25, 0.3) is 0 Å². The van der Waals surface area contributed by atoms with E-state index in [0.29, 0.717) is 19.8 Å². The summed E-state index contributed by atoms with van der Waals surface area (Å²) >= 11 is 0. The van der Waals surface area contributed by atoms with Gasteiger partial charge < -0.3 is 18.9 Å². The van der Waals surface area contributed by atoms with E-state index in [1.807, 2.05) is 51.1 Å². The molecule has 1 spiro atoms. The topological polar surface area (TPSA) is 60.5 Å². The normalized spacial score (nSPS) is 16.4. The number of rotatable bonds is 11. The van der Waals surface area contributed by atoms with Crippen LogP contribution in [0.5, 0.6) is 5.75 Å². The number of carbonyl (C=O) groups is 1. The molecule has 4 rings (SSSR count). The van der Waals surface area contributed by atoms with Crippen LogP contribution < -0.4 is 9.64 Å². The number of hydrogen-bond donors (Lipinski definition) is 0.